The average molecular weight is 349 g/mol. The molecule has 0 amide bonds. The molecule has 0 aliphatic rings. The molecule has 124 valence electrons. The number of hydrogen-bond donors (Lipinski definition) is 0. The number of nitrogens with zero attached hydrogens (tertiary/aromatic N) is 5. The molecule has 0 unspecified atom stereocenters. The fourth-order valence-electron chi connectivity index (χ4n) is 2.34. The van der Waals surface area contributed by atoms with Crippen LogP contribution in [-0.2, 0) is 5.75 Å². The first kappa shape index (κ1) is 15.6. The van der Waals surface area contributed by atoms with Crippen LogP contribution in [0.1, 0.15) is 11.3 Å². The first-order chi connectivity index (χ1) is 12.3. The van der Waals surface area contributed by atoms with Gasteiger partial charge in [-0.15, -0.1) is 5.10 Å². The molecule has 0 aliphatic carbocycles. The number of aryl methyl sites for hydroxylation is 1. The Balaban J connectivity index is 1.49. The van der Waals surface area contributed by atoms with Crippen LogP contribution in [0.5, 0.6) is 0 Å². The molecule has 0 atom stereocenters. The summed E-state index contributed by atoms with van der Waals surface area (Å²) in [4.78, 5) is 4.53. The van der Waals surface area contributed by atoms with Gasteiger partial charge in [0.2, 0.25) is 11.0 Å². The molecule has 2 heterocycles. The minimum atomic E-state index is 0.620. The van der Waals surface area contributed by atoms with Gasteiger partial charge >= 0.3 is 0 Å². The van der Waals surface area contributed by atoms with E-state index >= 15 is 0 Å². The van der Waals surface area contributed by atoms with Gasteiger partial charge in [-0.05, 0) is 41.6 Å². The largest absolute Gasteiger partial charge is 0.444 e. The minimum Gasteiger partial charge on any atom is -0.444 e. The van der Waals surface area contributed by atoms with Crippen molar-refractivity contribution in [2.75, 3.05) is 0 Å². The molecule has 0 saturated carbocycles. The zero-order chi connectivity index (χ0) is 17.1. The molecule has 0 saturated heterocycles. The van der Waals surface area contributed by atoms with Crippen LogP contribution in [0, 0.1) is 6.92 Å². The predicted octanol–water partition coefficient (Wildman–Crippen LogP) is 3.92. The van der Waals surface area contributed by atoms with E-state index in [2.05, 4.69) is 20.5 Å². The fraction of sp³-hybridized carbons (Fsp3) is 0.111. The second kappa shape index (κ2) is 6.90. The highest BCUT2D eigenvalue weighted by atomic mass is 32.2. The Morgan fingerprint density at radius 3 is 2.64 bits per heavy atom. The van der Waals surface area contributed by atoms with Crippen LogP contribution in [0.2, 0.25) is 0 Å². The summed E-state index contributed by atoms with van der Waals surface area (Å²) < 4.78 is 7.29. The van der Waals surface area contributed by atoms with Crippen molar-refractivity contribution in [3.63, 3.8) is 0 Å². The molecular formula is C18H15N5OS. The Bertz CT molecular complexity index is 963. The number of rotatable bonds is 5. The number of hydrogen-bond acceptors (Lipinski definition) is 6. The molecule has 2 aromatic carbocycles. The SMILES string of the molecule is Cc1ccc(-n2nnnc2SCc2coc(-c3ccccc3)n2)cc1. The minimum absolute atomic E-state index is 0.620. The van der Waals surface area contributed by atoms with Crippen molar-refractivity contribution in [2.45, 2.75) is 17.8 Å². The van der Waals surface area contributed by atoms with Gasteiger partial charge in [0.15, 0.2) is 0 Å². The number of benzene rings is 2. The van der Waals surface area contributed by atoms with Crippen molar-refractivity contribution in [3.05, 3.63) is 72.1 Å². The average Bonchev–Trinajstić information content (AvgIpc) is 3.31. The summed E-state index contributed by atoms with van der Waals surface area (Å²) in [5.74, 6) is 1.25. The quantitative estimate of drug-likeness (QED) is 0.509. The van der Waals surface area contributed by atoms with Crippen molar-refractivity contribution >= 4 is 11.8 Å². The lowest BCUT2D eigenvalue weighted by Gasteiger charge is -2.03. The van der Waals surface area contributed by atoms with Crippen LogP contribution in [0.3, 0.4) is 0 Å². The molecule has 0 N–H and O–H groups in total. The van der Waals surface area contributed by atoms with Crippen LogP contribution in [0.25, 0.3) is 17.1 Å². The Labute approximate surface area is 148 Å². The van der Waals surface area contributed by atoms with Crippen LogP contribution in [0.15, 0.2) is 70.4 Å². The molecule has 4 rings (SSSR count). The van der Waals surface area contributed by atoms with Crippen LogP contribution < -0.4 is 0 Å². The maximum absolute atomic E-state index is 5.57. The fourth-order valence-corrected chi connectivity index (χ4v) is 3.11. The zero-order valence-corrected chi connectivity index (χ0v) is 14.3. The van der Waals surface area contributed by atoms with Crippen molar-refractivity contribution in [3.8, 4) is 17.1 Å². The molecule has 6 nitrogen and oxygen atoms in total. The van der Waals surface area contributed by atoms with E-state index < -0.39 is 0 Å². The molecule has 0 spiro atoms. The summed E-state index contributed by atoms with van der Waals surface area (Å²) in [5.41, 5.74) is 3.94. The normalized spacial score (nSPS) is 10.9. The highest BCUT2D eigenvalue weighted by molar-refractivity contribution is 7.98. The summed E-state index contributed by atoms with van der Waals surface area (Å²) in [6, 6.07) is 17.9. The summed E-state index contributed by atoms with van der Waals surface area (Å²) >= 11 is 1.52. The van der Waals surface area contributed by atoms with Crippen LogP contribution in [-0.4, -0.2) is 25.2 Å². The van der Waals surface area contributed by atoms with E-state index in [1.54, 1.807) is 10.9 Å². The maximum atomic E-state index is 5.57. The summed E-state index contributed by atoms with van der Waals surface area (Å²) in [6.07, 6.45) is 1.68. The first-order valence-corrected chi connectivity index (χ1v) is 8.76. The molecule has 25 heavy (non-hydrogen) atoms. The second-order valence-corrected chi connectivity index (χ2v) is 6.45. The van der Waals surface area contributed by atoms with Crippen molar-refractivity contribution in [2.24, 2.45) is 0 Å². The summed E-state index contributed by atoms with van der Waals surface area (Å²) in [7, 11) is 0. The molecule has 0 bridgehead atoms. The van der Waals surface area contributed by atoms with Crippen LogP contribution in [0.4, 0.5) is 0 Å². The van der Waals surface area contributed by atoms with Gasteiger partial charge in [0, 0.05) is 11.3 Å². The summed E-state index contributed by atoms with van der Waals surface area (Å²) in [5, 5.41) is 12.7. The van der Waals surface area contributed by atoms with E-state index in [1.807, 2.05) is 61.5 Å². The van der Waals surface area contributed by atoms with Gasteiger partial charge in [-0.2, -0.15) is 4.68 Å². The maximum Gasteiger partial charge on any atom is 0.226 e. The number of thioether (sulfide) groups is 1. The lowest BCUT2D eigenvalue weighted by Crippen LogP contribution is -1.99. The highest BCUT2D eigenvalue weighted by Gasteiger charge is 2.12. The van der Waals surface area contributed by atoms with Gasteiger partial charge in [0.05, 0.1) is 11.4 Å². The molecular weight excluding hydrogens is 334 g/mol. The van der Waals surface area contributed by atoms with Gasteiger partial charge < -0.3 is 4.42 Å². The molecule has 0 radical (unpaired) electrons. The van der Waals surface area contributed by atoms with Gasteiger partial charge in [-0.25, -0.2) is 4.98 Å². The van der Waals surface area contributed by atoms with Gasteiger partial charge in [0.25, 0.3) is 0 Å². The van der Waals surface area contributed by atoms with E-state index in [-0.39, 0.29) is 0 Å². The number of aromatic nitrogens is 5. The Hall–Kier alpha value is -2.93. The Morgan fingerprint density at radius 2 is 1.84 bits per heavy atom. The van der Waals surface area contributed by atoms with Crippen molar-refractivity contribution in [1.29, 1.82) is 0 Å². The Morgan fingerprint density at radius 1 is 1.04 bits per heavy atom. The van der Waals surface area contributed by atoms with Crippen molar-refractivity contribution in [1.82, 2.24) is 25.2 Å². The van der Waals surface area contributed by atoms with E-state index in [9.17, 15) is 0 Å². The van der Waals surface area contributed by atoms with Crippen molar-refractivity contribution < 1.29 is 4.42 Å². The topological polar surface area (TPSA) is 69.6 Å². The predicted molar refractivity (Wildman–Crippen MR) is 95.4 cm³/mol. The van der Waals surface area contributed by atoms with Gasteiger partial charge in [-0.1, -0.05) is 47.7 Å². The van der Waals surface area contributed by atoms with E-state index in [0.717, 1.165) is 16.9 Å². The number of oxazole rings is 1. The first-order valence-electron chi connectivity index (χ1n) is 7.77. The second-order valence-electron chi connectivity index (χ2n) is 5.51. The van der Waals surface area contributed by atoms with Gasteiger partial charge in [-0.3, -0.25) is 0 Å². The Kier molecular flexibility index (Phi) is 4.30. The summed E-state index contributed by atoms with van der Waals surface area (Å²) in [6.45, 7) is 2.05. The van der Waals surface area contributed by atoms with Crippen LogP contribution >= 0.6 is 11.8 Å². The monoisotopic (exact) mass is 349 g/mol. The van der Waals surface area contributed by atoms with E-state index in [0.29, 0.717) is 16.8 Å². The molecule has 4 aromatic rings. The molecule has 0 aliphatic heterocycles. The standard InChI is InChI=1S/C18H15N5OS/c1-13-7-9-16(10-8-13)23-18(20-21-22-23)25-12-15-11-24-17(19-15)14-5-3-2-4-6-14/h2-11H,12H2,1H3. The lowest BCUT2D eigenvalue weighted by atomic mass is 10.2. The zero-order valence-electron chi connectivity index (χ0n) is 13.5. The highest BCUT2D eigenvalue weighted by Crippen LogP contribution is 2.24. The lowest BCUT2D eigenvalue weighted by molar-refractivity contribution is 0.573. The third-order valence-electron chi connectivity index (χ3n) is 3.64. The third-order valence-corrected chi connectivity index (χ3v) is 4.59. The molecule has 7 heteroatoms. The molecule has 0 fully saturated rings. The van der Waals surface area contributed by atoms with E-state index in [1.165, 1.54) is 17.3 Å². The third kappa shape index (κ3) is 3.46. The number of tetrazole rings is 1. The smallest absolute Gasteiger partial charge is 0.226 e. The van der Waals surface area contributed by atoms with E-state index in [4.69, 9.17) is 4.42 Å². The van der Waals surface area contributed by atoms with Gasteiger partial charge in [0.1, 0.15) is 6.26 Å². The molecule has 2 aromatic heterocycles.